The fourth-order valence-corrected chi connectivity index (χ4v) is 4.23. The van der Waals surface area contributed by atoms with E-state index in [2.05, 4.69) is 66.9 Å². The number of nitrogens with two attached hydrogens (primary N) is 1. The van der Waals surface area contributed by atoms with Gasteiger partial charge in [0.05, 0.1) is 0 Å². The van der Waals surface area contributed by atoms with Crippen molar-refractivity contribution < 1.29 is 0 Å². The standard InChI is InChI=1S/C25H27N7/c26-25-30-22(28-20-11-14-32(15-12-20)17-18-6-2-1-3-7-18)16-23(31-25)29-24-21-9-5-4-8-19(21)10-13-27-24/h1-10,13,16,20H,11-12,14-15,17H2,(H4,26,27,28,29,30,31). The van der Waals surface area contributed by atoms with Crippen LogP contribution in [0.2, 0.25) is 0 Å². The van der Waals surface area contributed by atoms with Gasteiger partial charge in [-0.25, -0.2) is 4.98 Å². The van der Waals surface area contributed by atoms with Crippen molar-refractivity contribution in [2.24, 2.45) is 0 Å². The summed E-state index contributed by atoms with van der Waals surface area (Å²) in [6, 6.07) is 23.0. The van der Waals surface area contributed by atoms with Gasteiger partial charge >= 0.3 is 0 Å². The molecule has 1 aliphatic rings. The molecule has 32 heavy (non-hydrogen) atoms. The van der Waals surface area contributed by atoms with Crippen LogP contribution >= 0.6 is 0 Å². The number of fused-ring (bicyclic) bond motifs is 1. The maximum Gasteiger partial charge on any atom is 0.223 e. The monoisotopic (exact) mass is 425 g/mol. The molecule has 1 saturated heterocycles. The molecule has 0 atom stereocenters. The van der Waals surface area contributed by atoms with E-state index < -0.39 is 0 Å². The second kappa shape index (κ2) is 9.20. The lowest BCUT2D eigenvalue weighted by molar-refractivity contribution is 0.211. The fourth-order valence-electron chi connectivity index (χ4n) is 4.23. The normalized spacial score (nSPS) is 15.0. The molecule has 1 fully saturated rings. The Morgan fingerprint density at radius 2 is 1.66 bits per heavy atom. The first kappa shape index (κ1) is 20.2. The number of hydrogen-bond acceptors (Lipinski definition) is 7. The smallest absolute Gasteiger partial charge is 0.223 e. The van der Waals surface area contributed by atoms with E-state index in [9.17, 15) is 0 Å². The van der Waals surface area contributed by atoms with Crippen LogP contribution in [0.15, 0.2) is 72.9 Å². The molecule has 0 amide bonds. The second-order valence-corrected chi connectivity index (χ2v) is 8.18. The van der Waals surface area contributed by atoms with Gasteiger partial charge in [-0.05, 0) is 29.9 Å². The zero-order valence-corrected chi connectivity index (χ0v) is 17.9. The van der Waals surface area contributed by atoms with E-state index >= 15 is 0 Å². The molecule has 0 bridgehead atoms. The van der Waals surface area contributed by atoms with Crippen LogP contribution in [0, 0.1) is 0 Å². The summed E-state index contributed by atoms with van der Waals surface area (Å²) in [4.78, 5) is 15.7. The highest BCUT2D eigenvalue weighted by atomic mass is 15.2. The number of anilines is 4. The van der Waals surface area contributed by atoms with Crippen LogP contribution in [-0.2, 0) is 6.54 Å². The van der Waals surface area contributed by atoms with Crippen molar-refractivity contribution in [3.8, 4) is 0 Å². The number of rotatable bonds is 6. The van der Waals surface area contributed by atoms with Crippen molar-refractivity contribution >= 4 is 34.2 Å². The molecular weight excluding hydrogens is 398 g/mol. The number of piperidine rings is 1. The third-order valence-corrected chi connectivity index (χ3v) is 5.85. The molecular formula is C25H27N7. The van der Waals surface area contributed by atoms with Crippen molar-refractivity contribution in [3.63, 3.8) is 0 Å². The van der Waals surface area contributed by atoms with Gasteiger partial charge in [0, 0.05) is 43.3 Å². The first-order valence-corrected chi connectivity index (χ1v) is 11.0. The van der Waals surface area contributed by atoms with Gasteiger partial charge in [0.2, 0.25) is 5.95 Å². The molecule has 0 spiro atoms. The van der Waals surface area contributed by atoms with Crippen LogP contribution in [0.5, 0.6) is 0 Å². The Hall–Kier alpha value is -3.71. The molecule has 7 nitrogen and oxygen atoms in total. The van der Waals surface area contributed by atoms with Gasteiger partial charge in [0.1, 0.15) is 17.5 Å². The van der Waals surface area contributed by atoms with Gasteiger partial charge in [-0.1, -0.05) is 54.6 Å². The molecule has 7 heteroatoms. The molecule has 0 saturated carbocycles. The molecule has 1 aliphatic heterocycles. The number of nitrogens with zero attached hydrogens (tertiary/aromatic N) is 4. The van der Waals surface area contributed by atoms with Crippen molar-refractivity contribution in [1.82, 2.24) is 19.9 Å². The van der Waals surface area contributed by atoms with Crippen molar-refractivity contribution in [3.05, 3.63) is 78.5 Å². The molecule has 162 valence electrons. The van der Waals surface area contributed by atoms with Gasteiger partial charge in [-0.15, -0.1) is 0 Å². The third kappa shape index (κ3) is 4.78. The summed E-state index contributed by atoms with van der Waals surface area (Å²) in [5.74, 6) is 2.35. The van der Waals surface area contributed by atoms with Gasteiger partial charge in [-0.2, -0.15) is 9.97 Å². The van der Waals surface area contributed by atoms with Gasteiger partial charge in [0.25, 0.3) is 0 Å². The Balaban J connectivity index is 1.24. The third-order valence-electron chi connectivity index (χ3n) is 5.85. The Morgan fingerprint density at radius 3 is 2.50 bits per heavy atom. The van der Waals surface area contributed by atoms with E-state index in [0.717, 1.165) is 54.9 Å². The van der Waals surface area contributed by atoms with Crippen LogP contribution < -0.4 is 16.4 Å². The SMILES string of the molecule is Nc1nc(Nc2nccc3ccccc23)cc(NC2CCN(Cc3ccccc3)CC2)n1. The van der Waals surface area contributed by atoms with E-state index in [-0.39, 0.29) is 5.95 Å². The molecule has 3 heterocycles. The predicted molar refractivity (Wildman–Crippen MR) is 130 cm³/mol. The summed E-state index contributed by atoms with van der Waals surface area (Å²) >= 11 is 0. The largest absolute Gasteiger partial charge is 0.368 e. The van der Waals surface area contributed by atoms with E-state index in [1.54, 1.807) is 6.20 Å². The summed E-state index contributed by atoms with van der Waals surface area (Å²) in [5.41, 5.74) is 7.37. The highest BCUT2D eigenvalue weighted by molar-refractivity contribution is 5.92. The van der Waals surface area contributed by atoms with Gasteiger partial charge in [-0.3, -0.25) is 4.90 Å². The Bertz CT molecular complexity index is 1180. The van der Waals surface area contributed by atoms with E-state index in [1.165, 1.54) is 5.56 Å². The van der Waals surface area contributed by atoms with E-state index in [4.69, 9.17) is 5.73 Å². The molecule has 0 unspecified atom stereocenters. The number of pyridine rings is 1. The first-order chi connectivity index (χ1) is 15.7. The lowest BCUT2D eigenvalue weighted by Gasteiger charge is -2.32. The fraction of sp³-hybridized carbons (Fsp3) is 0.240. The number of likely N-dealkylation sites (tertiary alicyclic amines) is 1. The predicted octanol–water partition coefficient (Wildman–Crippen LogP) is 4.43. The van der Waals surface area contributed by atoms with Gasteiger partial charge < -0.3 is 16.4 Å². The van der Waals surface area contributed by atoms with Crippen LogP contribution in [0.4, 0.5) is 23.4 Å². The molecule has 5 rings (SSSR count). The van der Waals surface area contributed by atoms with E-state index in [0.29, 0.717) is 11.9 Å². The zero-order valence-electron chi connectivity index (χ0n) is 17.9. The summed E-state index contributed by atoms with van der Waals surface area (Å²) in [6.07, 6.45) is 3.91. The minimum Gasteiger partial charge on any atom is -0.368 e. The number of nitrogens with one attached hydrogen (secondary N) is 2. The maximum absolute atomic E-state index is 6.01. The average Bonchev–Trinajstić information content (AvgIpc) is 2.81. The lowest BCUT2D eigenvalue weighted by Crippen LogP contribution is -2.38. The summed E-state index contributed by atoms with van der Waals surface area (Å²) in [5, 5.41) is 9.01. The summed E-state index contributed by atoms with van der Waals surface area (Å²) < 4.78 is 0. The number of hydrogen-bond donors (Lipinski definition) is 3. The van der Waals surface area contributed by atoms with Crippen molar-refractivity contribution in [2.75, 3.05) is 29.5 Å². The van der Waals surface area contributed by atoms with Crippen molar-refractivity contribution in [1.29, 1.82) is 0 Å². The topological polar surface area (TPSA) is 92.0 Å². The molecule has 4 N–H and O–H groups in total. The van der Waals surface area contributed by atoms with Gasteiger partial charge in [0.15, 0.2) is 0 Å². The number of nitrogen functional groups attached to an aromatic ring is 1. The van der Waals surface area contributed by atoms with Crippen LogP contribution in [0.3, 0.4) is 0 Å². The summed E-state index contributed by atoms with van der Waals surface area (Å²) in [7, 11) is 0. The highest BCUT2D eigenvalue weighted by Crippen LogP contribution is 2.25. The quantitative estimate of drug-likeness (QED) is 0.421. The Labute approximate surface area is 187 Å². The number of aromatic nitrogens is 3. The van der Waals surface area contributed by atoms with E-state index in [1.807, 2.05) is 30.3 Å². The molecule has 2 aromatic carbocycles. The summed E-state index contributed by atoms with van der Waals surface area (Å²) in [6.45, 7) is 3.11. The van der Waals surface area contributed by atoms with Crippen molar-refractivity contribution in [2.45, 2.75) is 25.4 Å². The molecule has 0 radical (unpaired) electrons. The Morgan fingerprint density at radius 1 is 0.906 bits per heavy atom. The minimum absolute atomic E-state index is 0.235. The van der Waals surface area contributed by atoms with Crippen LogP contribution in [0.25, 0.3) is 10.8 Å². The minimum atomic E-state index is 0.235. The molecule has 2 aromatic heterocycles. The maximum atomic E-state index is 6.01. The molecule has 4 aromatic rings. The number of benzene rings is 2. The highest BCUT2D eigenvalue weighted by Gasteiger charge is 2.20. The van der Waals surface area contributed by atoms with Crippen LogP contribution in [-0.4, -0.2) is 39.0 Å². The second-order valence-electron chi connectivity index (χ2n) is 8.18. The Kier molecular flexibility index (Phi) is 5.81. The zero-order chi connectivity index (χ0) is 21.8. The lowest BCUT2D eigenvalue weighted by atomic mass is 10.0. The van der Waals surface area contributed by atoms with Crippen LogP contribution in [0.1, 0.15) is 18.4 Å². The first-order valence-electron chi connectivity index (χ1n) is 11.0. The average molecular weight is 426 g/mol. The molecule has 0 aliphatic carbocycles.